The van der Waals surface area contributed by atoms with E-state index in [1.807, 2.05) is 6.07 Å². The summed E-state index contributed by atoms with van der Waals surface area (Å²) in [5.41, 5.74) is 5.94. The van der Waals surface area contributed by atoms with Gasteiger partial charge in [0.15, 0.2) is 0 Å². The summed E-state index contributed by atoms with van der Waals surface area (Å²) in [6, 6.07) is 14.7. The number of fused-ring (bicyclic) bond motifs is 1. The van der Waals surface area contributed by atoms with Gasteiger partial charge in [-0.1, -0.05) is 49.4 Å². The molecule has 0 aromatic heterocycles. The van der Waals surface area contributed by atoms with Crippen LogP contribution in [0.4, 0.5) is 0 Å². The monoisotopic (exact) mass is 268 g/mol. The van der Waals surface area contributed by atoms with Gasteiger partial charge in [-0.3, -0.25) is 0 Å². The lowest BCUT2D eigenvalue weighted by Crippen LogP contribution is -2.03. The van der Waals surface area contributed by atoms with Crippen LogP contribution in [0.5, 0.6) is 0 Å². The van der Waals surface area contributed by atoms with E-state index in [0.717, 1.165) is 12.0 Å². The fourth-order valence-electron chi connectivity index (χ4n) is 2.65. The van der Waals surface area contributed by atoms with Crippen LogP contribution in [-0.4, -0.2) is 5.11 Å². The van der Waals surface area contributed by atoms with Crippen LogP contribution in [0.25, 0.3) is 0 Å². The molecule has 0 bridgehead atoms. The van der Waals surface area contributed by atoms with Gasteiger partial charge in [0.05, 0.1) is 19.3 Å². The highest BCUT2D eigenvalue weighted by Crippen LogP contribution is 2.25. The van der Waals surface area contributed by atoms with Crippen molar-refractivity contribution < 1.29 is 9.84 Å². The second-order valence-corrected chi connectivity index (χ2v) is 5.41. The van der Waals surface area contributed by atoms with Gasteiger partial charge in [0.2, 0.25) is 0 Å². The minimum absolute atomic E-state index is 0.451. The predicted octanol–water partition coefficient (Wildman–Crippen LogP) is 3.56. The minimum Gasteiger partial charge on any atom is -0.388 e. The van der Waals surface area contributed by atoms with E-state index >= 15 is 0 Å². The Kier molecular flexibility index (Phi) is 3.86. The molecule has 104 valence electrons. The molecule has 20 heavy (non-hydrogen) atoms. The van der Waals surface area contributed by atoms with Crippen LogP contribution in [0.2, 0.25) is 0 Å². The molecule has 0 saturated heterocycles. The smallest absolute Gasteiger partial charge is 0.0830 e. The highest BCUT2D eigenvalue weighted by Gasteiger charge is 2.15. The third-order valence-corrected chi connectivity index (χ3v) is 3.99. The quantitative estimate of drug-likeness (QED) is 0.918. The van der Waals surface area contributed by atoms with E-state index in [-0.39, 0.29) is 0 Å². The lowest BCUT2D eigenvalue weighted by molar-refractivity contribution is 0.134. The molecular formula is C18H20O2. The molecule has 1 aliphatic heterocycles. The van der Waals surface area contributed by atoms with Gasteiger partial charge < -0.3 is 9.84 Å². The summed E-state index contributed by atoms with van der Waals surface area (Å²) in [7, 11) is 0. The van der Waals surface area contributed by atoms with Gasteiger partial charge in [-0.15, -0.1) is 0 Å². The Hall–Kier alpha value is -1.64. The molecule has 1 aliphatic rings. The van der Waals surface area contributed by atoms with Crippen LogP contribution in [-0.2, 0) is 30.8 Å². The summed E-state index contributed by atoms with van der Waals surface area (Å²) in [5, 5.41) is 10.4. The van der Waals surface area contributed by atoms with Crippen LogP contribution in [0.15, 0.2) is 42.5 Å². The van der Waals surface area contributed by atoms with Crippen molar-refractivity contribution in [3.05, 3.63) is 70.3 Å². The average Bonchev–Trinajstić information content (AvgIpc) is 2.95. The molecule has 2 aromatic rings. The topological polar surface area (TPSA) is 29.5 Å². The maximum atomic E-state index is 10.4. The van der Waals surface area contributed by atoms with E-state index in [4.69, 9.17) is 4.74 Å². The molecule has 0 spiro atoms. The van der Waals surface area contributed by atoms with Gasteiger partial charge in [-0.2, -0.15) is 0 Å². The van der Waals surface area contributed by atoms with Crippen LogP contribution in [0.3, 0.4) is 0 Å². The number of aliphatic hydroxyl groups is 1. The molecule has 1 atom stereocenters. The Bertz CT molecular complexity index is 587. The summed E-state index contributed by atoms with van der Waals surface area (Å²) in [6.07, 6.45) is 1.26. The van der Waals surface area contributed by atoms with Crippen molar-refractivity contribution in [2.45, 2.75) is 39.1 Å². The standard InChI is InChI=1S/C18H20O2/c1-2-13-3-5-14(6-4-13)9-18(19)15-7-8-16-11-20-12-17(16)10-15/h3-8,10,18-19H,2,9,11-12H2,1H3. The first-order valence-electron chi connectivity index (χ1n) is 7.21. The number of benzene rings is 2. The van der Waals surface area contributed by atoms with Crippen molar-refractivity contribution in [3.63, 3.8) is 0 Å². The molecule has 0 saturated carbocycles. The number of hydrogen-bond acceptors (Lipinski definition) is 2. The zero-order chi connectivity index (χ0) is 13.9. The summed E-state index contributed by atoms with van der Waals surface area (Å²) in [4.78, 5) is 0. The van der Waals surface area contributed by atoms with Gasteiger partial charge >= 0.3 is 0 Å². The Labute approximate surface area is 120 Å². The summed E-state index contributed by atoms with van der Waals surface area (Å²) in [6.45, 7) is 3.52. The second kappa shape index (κ2) is 5.78. The fourth-order valence-corrected chi connectivity index (χ4v) is 2.65. The van der Waals surface area contributed by atoms with E-state index in [0.29, 0.717) is 19.6 Å². The summed E-state index contributed by atoms with van der Waals surface area (Å²) in [5.74, 6) is 0. The van der Waals surface area contributed by atoms with Crippen molar-refractivity contribution in [1.29, 1.82) is 0 Å². The predicted molar refractivity (Wildman–Crippen MR) is 79.4 cm³/mol. The Balaban J connectivity index is 1.73. The minimum atomic E-state index is -0.451. The molecule has 1 unspecified atom stereocenters. The first-order valence-corrected chi connectivity index (χ1v) is 7.21. The number of ether oxygens (including phenoxy) is 1. The average molecular weight is 268 g/mol. The first-order chi connectivity index (χ1) is 9.76. The van der Waals surface area contributed by atoms with Crippen LogP contribution in [0.1, 0.15) is 40.8 Å². The molecule has 1 heterocycles. The van der Waals surface area contributed by atoms with Gasteiger partial charge in [0, 0.05) is 6.42 Å². The fraction of sp³-hybridized carbons (Fsp3) is 0.333. The van der Waals surface area contributed by atoms with Gasteiger partial charge in [0.1, 0.15) is 0 Å². The van der Waals surface area contributed by atoms with Crippen LogP contribution >= 0.6 is 0 Å². The van der Waals surface area contributed by atoms with Crippen molar-refractivity contribution in [2.75, 3.05) is 0 Å². The van der Waals surface area contributed by atoms with Crippen molar-refractivity contribution >= 4 is 0 Å². The third kappa shape index (κ3) is 2.77. The number of hydrogen-bond donors (Lipinski definition) is 1. The lowest BCUT2D eigenvalue weighted by atomic mass is 9.97. The van der Waals surface area contributed by atoms with E-state index in [9.17, 15) is 5.11 Å². The zero-order valence-electron chi connectivity index (χ0n) is 11.8. The first kappa shape index (κ1) is 13.3. The second-order valence-electron chi connectivity index (χ2n) is 5.41. The van der Waals surface area contributed by atoms with E-state index in [1.165, 1.54) is 22.3 Å². The van der Waals surface area contributed by atoms with Crippen LogP contribution < -0.4 is 0 Å². The molecule has 0 radical (unpaired) electrons. The van der Waals surface area contributed by atoms with E-state index < -0.39 is 6.10 Å². The molecule has 2 nitrogen and oxygen atoms in total. The van der Waals surface area contributed by atoms with E-state index in [1.54, 1.807) is 0 Å². The highest BCUT2D eigenvalue weighted by atomic mass is 16.5. The van der Waals surface area contributed by atoms with Crippen molar-refractivity contribution in [2.24, 2.45) is 0 Å². The molecule has 2 heteroatoms. The van der Waals surface area contributed by atoms with Crippen molar-refractivity contribution in [1.82, 2.24) is 0 Å². The molecule has 0 aliphatic carbocycles. The highest BCUT2D eigenvalue weighted by molar-refractivity contribution is 5.35. The maximum Gasteiger partial charge on any atom is 0.0830 e. The molecule has 0 amide bonds. The maximum absolute atomic E-state index is 10.4. The summed E-state index contributed by atoms with van der Waals surface area (Å²) >= 11 is 0. The van der Waals surface area contributed by atoms with Crippen molar-refractivity contribution in [3.8, 4) is 0 Å². The lowest BCUT2D eigenvalue weighted by Gasteiger charge is -2.12. The third-order valence-electron chi connectivity index (χ3n) is 3.99. The Morgan fingerprint density at radius 1 is 1.00 bits per heavy atom. The Morgan fingerprint density at radius 3 is 2.45 bits per heavy atom. The van der Waals surface area contributed by atoms with Gasteiger partial charge in [-0.25, -0.2) is 0 Å². The molecule has 3 rings (SSSR count). The molecule has 1 N–H and O–H groups in total. The van der Waals surface area contributed by atoms with Gasteiger partial charge in [-0.05, 0) is 34.2 Å². The van der Waals surface area contributed by atoms with E-state index in [2.05, 4.69) is 43.3 Å². The normalized spacial score (nSPS) is 15.1. The molecular weight excluding hydrogens is 248 g/mol. The number of aliphatic hydroxyl groups excluding tert-OH is 1. The Morgan fingerprint density at radius 2 is 1.70 bits per heavy atom. The summed E-state index contributed by atoms with van der Waals surface area (Å²) < 4.78 is 5.41. The number of rotatable bonds is 4. The zero-order valence-corrected chi connectivity index (χ0v) is 11.8. The van der Waals surface area contributed by atoms with Crippen LogP contribution in [0, 0.1) is 0 Å². The largest absolute Gasteiger partial charge is 0.388 e. The molecule has 2 aromatic carbocycles. The van der Waals surface area contributed by atoms with Gasteiger partial charge in [0.25, 0.3) is 0 Å². The molecule has 0 fully saturated rings. The number of aryl methyl sites for hydroxylation is 1. The SMILES string of the molecule is CCc1ccc(CC(O)c2ccc3c(c2)COC3)cc1.